The first-order valence-electron chi connectivity index (χ1n) is 6.27. The van der Waals surface area contributed by atoms with Gasteiger partial charge in [0.05, 0.1) is 7.11 Å². The van der Waals surface area contributed by atoms with Crippen LogP contribution in [0.5, 0.6) is 0 Å². The highest BCUT2D eigenvalue weighted by Crippen LogP contribution is 2.10. The number of hydrogen-bond donors (Lipinski definition) is 1. The summed E-state index contributed by atoms with van der Waals surface area (Å²) in [6, 6.07) is -0.893. The number of hydrogen-bond acceptors (Lipinski definition) is 6. The first-order chi connectivity index (χ1) is 9.19. The van der Waals surface area contributed by atoms with Crippen LogP contribution in [0.3, 0.4) is 0 Å². The molecule has 0 aliphatic heterocycles. The Kier molecular flexibility index (Phi) is 7.83. The minimum absolute atomic E-state index is 0.00426. The zero-order valence-corrected chi connectivity index (χ0v) is 12.6. The molecule has 1 N–H and O–H groups in total. The standard InChI is InChI=1S/C13H23NO6/c1-13(2,3)20-11(16)7-6-9(12(17)19-5)14-10(15)8-18-4/h9H,6-8H2,1-5H3,(H,14,15)/t9-/m1/s1. The molecule has 20 heavy (non-hydrogen) atoms. The Hall–Kier alpha value is -1.63. The summed E-state index contributed by atoms with van der Waals surface area (Å²) in [6.07, 6.45) is 0.112. The van der Waals surface area contributed by atoms with Crippen LogP contribution in [0.4, 0.5) is 0 Å². The number of amides is 1. The van der Waals surface area contributed by atoms with E-state index in [-0.39, 0.29) is 19.4 Å². The van der Waals surface area contributed by atoms with E-state index in [9.17, 15) is 14.4 Å². The van der Waals surface area contributed by atoms with Gasteiger partial charge in [0, 0.05) is 13.5 Å². The lowest BCUT2D eigenvalue weighted by atomic mass is 10.1. The number of methoxy groups -OCH3 is 2. The molecule has 0 rings (SSSR count). The molecule has 0 aliphatic carbocycles. The van der Waals surface area contributed by atoms with Gasteiger partial charge in [-0.05, 0) is 27.2 Å². The van der Waals surface area contributed by atoms with E-state index < -0.39 is 29.5 Å². The van der Waals surface area contributed by atoms with Crippen molar-refractivity contribution in [3.8, 4) is 0 Å². The van der Waals surface area contributed by atoms with E-state index >= 15 is 0 Å². The molecule has 0 aliphatic rings. The Morgan fingerprint density at radius 2 is 1.75 bits per heavy atom. The van der Waals surface area contributed by atoms with Crippen molar-refractivity contribution in [1.82, 2.24) is 5.32 Å². The van der Waals surface area contributed by atoms with Gasteiger partial charge in [-0.25, -0.2) is 4.79 Å². The summed E-state index contributed by atoms with van der Waals surface area (Å²) in [4.78, 5) is 34.5. The summed E-state index contributed by atoms with van der Waals surface area (Å²) in [7, 11) is 2.58. The Bertz CT molecular complexity index is 347. The van der Waals surface area contributed by atoms with Gasteiger partial charge in [-0.3, -0.25) is 9.59 Å². The van der Waals surface area contributed by atoms with Gasteiger partial charge in [0.15, 0.2) is 0 Å². The highest BCUT2D eigenvalue weighted by molar-refractivity contribution is 5.85. The van der Waals surface area contributed by atoms with Crippen molar-refractivity contribution in [1.29, 1.82) is 0 Å². The van der Waals surface area contributed by atoms with Crippen LogP contribution in [0.2, 0.25) is 0 Å². The zero-order chi connectivity index (χ0) is 15.8. The Balaban J connectivity index is 4.41. The molecule has 0 unspecified atom stereocenters. The molecule has 0 spiro atoms. The van der Waals surface area contributed by atoms with Crippen molar-refractivity contribution in [3.63, 3.8) is 0 Å². The second-order valence-corrected chi connectivity index (χ2v) is 5.20. The van der Waals surface area contributed by atoms with Crippen LogP contribution < -0.4 is 5.32 Å². The van der Waals surface area contributed by atoms with Crippen LogP contribution in [-0.4, -0.2) is 50.3 Å². The summed E-state index contributed by atoms with van der Waals surface area (Å²) >= 11 is 0. The van der Waals surface area contributed by atoms with E-state index in [1.165, 1.54) is 14.2 Å². The van der Waals surface area contributed by atoms with E-state index in [0.29, 0.717) is 0 Å². The predicted octanol–water partition coefficient (Wildman–Crippen LogP) is 0.413. The lowest BCUT2D eigenvalue weighted by Gasteiger charge is -2.21. The molecule has 7 nitrogen and oxygen atoms in total. The van der Waals surface area contributed by atoms with E-state index in [1.807, 2.05) is 0 Å². The van der Waals surface area contributed by atoms with Crippen LogP contribution in [0.1, 0.15) is 33.6 Å². The molecule has 0 aromatic rings. The lowest BCUT2D eigenvalue weighted by Crippen LogP contribution is -2.43. The number of esters is 2. The molecule has 0 fully saturated rings. The third-order valence-corrected chi connectivity index (χ3v) is 2.15. The molecule has 0 bridgehead atoms. The third-order valence-electron chi connectivity index (χ3n) is 2.15. The summed E-state index contributed by atoms with van der Waals surface area (Å²) in [5.74, 6) is -1.50. The number of nitrogens with one attached hydrogen (secondary N) is 1. The van der Waals surface area contributed by atoms with Gasteiger partial charge in [0.25, 0.3) is 0 Å². The number of carbonyl (C=O) groups excluding carboxylic acids is 3. The normalized spacial score (nSPS) is 12.4. The van der Waals surface area contributed by atoms with Crippen LogP contribution in [-0.2, 0) is 28.6 Å². The van der Waals surface area contributed by atoms with Crippen molar-refractivity contribution < 1.29 is 28.6 Å². The summed E-state index contributed by atoms with van der Waals surface area (Å²) in [6.45, 7) is 5.09. The minimum Gasteiger partial charge on any atom is -0.467 e. The Morgan fingerprint density at radius 3 is 2.20 bits per heavy atom. The topological polar surface area (TPSA) is 90.9 Å². The van der Waals surface area contributed by atoms with Gasteiger partial charge in [-0.2, -0.15) is 0 Å². The molecule has 0 heterocycles. The van der Waals surface area contributed by atoms with E-state index in [4.69, 9.17) is 4.74 Å². The number of ether oxygens (including phenoxy) is 3. The zero-order valence-electron chi connectivity index (χ0n) is 12.6. The largest absolute Gasteiger partial charge is 0.467 e. The van der Waals surface area contributed by atoms with Gasteiger partial charge >= 0.3 is 11.9 Å². The van der Waals surface area contributed by atoms with Crippen molar-refractivity contribution in [2.24, 2.45) is 0 Å². The Labute approximate surface area is 118 Å². The van der Waals surface area contributed by atoms with Gasteiger partial charge in [-0.1, -0.05) is 0 Å². The lowest BCUT2D eigenvalue weighted by molar-refractivity contribution is -0.155. The van der Waals surface area contributed by atoms with Gasteiger partial charge < -0.3 is 19.5 Å². The van der Waals surface area contributed by atoms with Crippen molar-refractivity contribution in [2.75, 3.05) is 20.8 Å². The van der Waals surface area contributed by atoms with Crippen molar-refractivity contribution in [3.05, 3.63) is 0 Å². The first kappa shape index (κ1) is 18.4. The molecule has 0 saturated heterocycles. The molecule has 1 atom stereocenters. The van der Waals surface area contributed by atoms with Crippen LogP contribution >= 0.6 is 0 Å². The monoisotopic (exact) mass is 289 g/mol. The average Bonchev–Trinajstić information content (AvgIpc) is 2.31. The highest BCUT2D eigenvalue weighted by Gasteiger charge is 2.24. The summed E-state index contributed by atoms with van der Waals surface area (Å²) in [5, 5.41) is 2.44. The molecular formula is C13H23NO6. The maximum Gasteiger partial charge on any atom is 0.328 e. The Morgan fingerprint density at radius 1 is 1.15 bits per heavy atom. The molecule has 7 heteroatoms. The van der Waals surface area contributed by atoms with Gasteiger partial charge in [-0.15, -0.1) is 0 Å². The van der Waals surface area contributed by atoms with E-state index in [0.717, 1.165) is 0 Å². The molecule has 0 aromatic heterocycles. The van der Waals surface area contributed by atoms with Gasteiger partial charge in [0.1, 0.15) is 18.2 Å². The summed E-state index contributed by atoms with van der Waals surface area (Å²) in [5.41, 5.74) is -0.586. The second-order valence-electron chi connectivity index (χ2n) is 5.20. The first-order valence-corrected chi connectivity index (χ1v) is 6.27. The molecule has 0 radical (unpaired) electrons. The second kappa shape index (κ2) is 8.52. The van der Waals surface area contributed by atoms with E-state index in [2.05, 4.69) is 14.8 Å². The highest BCUT2D eigenvalue weighted by atomic mass is 16.6. The van der Waals surface area contributed by atoms with Crippen molar-refractivity contribution in [2.45, 2.75) is 45.3 Å². The maximum atomic E-state index is 11.6. The molecule has 116 valence electrons. The van der Waals surface area contributed by atoms with Crippen LogP contribution in [0.15, 0.2) is 0 Å². The molecule has 0 aromatic carbocycles. The smallest absolute Gasteiger partial charge is 0.328 e. The maximum absolute atomic E-state index is 11.6. The quantitative estimate of drug-likeness (QED) is 0.683. The number of carbonyl (C=O) groups is 3. The van der Waals surface area contributed by atoms with Crippen molar-refractivity contribution >= 4 is 17.8 Å². The van der Waals surface area contributed by atoms with Gasteiger partial charge in [0.2, 0.25) is 5.91 Å². The fourth-order valence-electron chi connectivity index (χ4n) is 1.41. The molecule has 1 amide bonds. The average molecular weight is 289 g/mol. The summed E-state index contributed by atoms with van der Waals surface area (Å²) < 4.78 is 14.4. The molecular weight excluding hydrogens is 266 g/mol. The van der Waals surface area contributed by atoms with E-state index in [1.54, 1.807) is 20.8 Å². The third kappa shape index (κ3) is 8.47. The van der Waals surface area contributed by atoms with Crippen LogP contribution in [0, 0.1) is 0 Å². The molecule has 0 saturated carbocycles. The fraction of sp³-hybridized carbons (Fsp3) is 0.769. The number of rotatable bonds is 7. The van der Waals surface area contributed by atoms with Crippen LogP contribution in [0.25, 0.3) is 0 Å². The fourth-order valence-corrected chi connectivity index (χ4v) is 1.41. The predicted molar refractivity (Wildman–Crippen MR) is 70.9 cm³/mol. The SMILES string of the molecule is COCC(=O)N[C@H](CCC(=O)OC(C)(C)C)C(=O)OC. The minimum atomic E-state index is -0.893.